The molecule has 1 aromatic rings. The van der Waals surface area contributed by atoms with Gasteiger partial charge in [0.25, 0.3) is 0 Å². The van der Waals surface area contributed by atoms with Gasteiger partial charge in [0.05, 0.1) is 11.3 Å². The molecule has 2 aliphatic heterocycles. The minimum absolute atomic E-state index is 0.716. The fourth-order valence-electron chi connectivity index (χ4n) is 3.12. The summed E-state index contributed by atoms with van der Waals surface area (Å²) in [7, 11) is 0. The molecule has 4 heteroatoms. The van der Waals surface area contributed by atoms with Gasteiger partial charge in [-0.3, -0.25) is 4.90 Å². The average molecular weight is 256 g/mol. The zero-order chi connectivity index (χ0) is 13.1. The highest BCUT2D eigenvalue weighted by Crippen LogP contribution is 2.22. The predicted molar refractivity (Wildman–Crippen MR) is 76.2 cm³/mol. The third kappa shape index (κ3) is 2.58. The molecule has 0 spiro atoms. The molecule has 1 unspecified atom stereocenters. The number of hydrogen-bond donors (Lipinski definition) is 1. The van der Waals surface area contributed by atoms with Crippen LogP contribution in [0.15, 0.2) is 24.3 Å². The monoisotopic (exact) mass is 256 g/mol. The topological polar surface area (TPSA) is 42.3 Å². The summed E-state index contributed by atoms with van der Waals surface area (Å²) >= 11 is 0. The lowest BCUT2D eigenvalue weighted by Crippen LogP contribution is -2.51. The zero-order valence-electron chi connectivity index (χ0n) is 11.2. The normalized spacial score (nSPS) is 24.4. The van der Waals surface area contributed by atoms with Gasteiger partial charge < -0.3 is 10.2 Å². The Morgan fingerprint density at radius 1 is 1.16 bits per heavy atom. The summed E-state index contributed by atoms with van der Waals surface area (Å²) in [5.74, 6) is 0. The summed E-state index contributed by atoms with van der Waals surface area (Å²) in [6.07, 6.45) is 1.27. The Morgan fingerprint density at radius 2 is 1.95 bits per heavy atom. The van der Waals surface area contributed by atoms with Crippen molar-refractivity contribution in [1.29, 1.82) is 5.26 Å². The van der Waals surface area contributed by atoms with Gasteiger partial charge in [0.15, 0.2) is 0 Å². The van der Waals surface area contributed by atoms with Crippen LogP contribution in [0.4, 0.5) is 5.69 Å². The maximum absolute atomic E-state index is 9.18. The SMILES string of the molecule is N#Cc1ccccc1N1CCN(C2CCNC2)CC1. The molecular weight excluding hydrogens is 236 g/mol. The highest BCUT2D eigenvalue weighted by Gasteiger charge is 2.26. The molecule has 0 saturated carbocycles. The predicted octanol–water partition coefficient (Wildman–Crippen LogP) is 1.04. The van der Waals surface area contributed by atoms with Gasteiger partial charge in [-0.1, -0.05) is 12.1 Å². The molecule has 0 aliphatic carbocycles. The highest BCUT2D eigenvalue weighted by molar-refractivity contribution is 5.59. The molecule has 1 N–H and O–H groups in total. The van der Waals surface area contributed by atoms with Crippen LogP contribution in [0, 0.1) is 11.3 Å². The van der Waals surface area contributed by atoms with Crippen LogP contribution in [0.25, 0.3) is 0 Å². The van der Waals surface area contributed by atoms with E-state index in [4.69, 9.17) is 0 Å². The van der Waals surface area contributed by atoms with Crippen molar-refractivity contribution in [1.82, 2.24) is 10.2 Å². The van der Waals surface area contributed by atoms with E-state index in [9.17, 15) is 5.26 Å². The molecule has 3 rings (SSSR count). The summed E-state index contributed by atoms with van der Waals surface area (Å²) in [4.78, 5) is 4.93. The van der Waals surface area contributed by atoms with E-state index in [0.29, 0.717) is 6.04 Å². The molecule has 0 bridgehead atoms. The fourth-order valence-corrected chi connectivity index (χ4v) is 3.12. The van der Waals surface area contributed by atoms with E-state index in [1.807, 2.05) is 18.2 Å². The molecule has 100 valence electrons. The lowest BCUT2D eigenvalue weighted by Gasteiger charge is -2.39. The fraction of sp³-hybridized carbons (Fsp3) is 0.533. The maximum Gasteiger partial charge on any atom is 0.101 e. The Morgan fingerprint density at radius 3 is 2.63 bits per heavy atom. The van der Waals surface area contributed by atoms with Crippen LogP contribution in [-0.4, -0.2) is 50.2 Å². The Balaban J connectivity index is 1.65. The van der Waals surface area contributed by atoms with E-state index in [-0.39, 0.29) is 0 Å². The van der Waals surface area contributed by atoms with E-state index < -0.39 is 0 Å². The number of rotatable bonds is 2. The van der Waals surface area contributed by atoms with Gasteiger partial charge in [-0.05, 0) is 25.1 Å². The van der Waals surface area contributed by atoms with Crippen LogP contribution >= 0.6 is 0 Å². The molecule has 2 heterocycles. The van der Waals surface area contributed by atoms with Crippen molar-refractivity contribution in [2.24, 2.45) is 0 Å². The van der Waals surface area contributed by atoms with Crippen molar-refractivity contribution in [3.63, 3.8) is 0 Å². The summed E-state index contributed by atoms with van der Waals surface area (Å²) < 4.78 is 0. The van der Waals surface area contributed by atoms with Crippen LogP contribution in [0.3, 0.4) is 0 Å². The second-order valence-electron chi connectivity index (χ2n) is 5.30. The Kier molecular flexibility index (Phi) is 3.67. The van der Waals surface area contributed by atoms with Crippen LogP contribution in [0.1, 0.15) is 12.0 Å². The Labute approximate surface area is 114 Å². The van der Waals surface area contributed by atoms with Gasteiger partial charge in [-0.2, -0.15) is 5.26 Å². The van der Waals surface area contributed by atoms with Crippen molar-refractivity contribution < 1.29 is 0 Å². The molecule has 0 amide bonds. The largest absolute Gasteiger partial charge is 0.368 e. The minimum atomic E-state index is 0.716. The number of nitriles is 1. The van der Waals surface area contributed by atoms with Crippen molar-refractivity contribution in [3.8, 4) is 6.07 Å². The van der Waals surface area contributed by atoms with E-state index in [1.54, 1.807) is 0 Å². The Hall–Kier alpha value is -1.57. The van der Waals surface area contributed by atoms with Crippen LogP contribution in [0.5, 0.6) is 0 Å². The molecule has 2 saturated heterocycles. The third-order valence-electron chi connectivity index (χ3n) is 4.23. The summed E-state index contributed by atoms with van der Waals surface area (Å²) in [6.45, 7) is 6.54. The molecule has 1 aromatic carbocycles. The second-order valence-corrected chi connectivity index (χ2v) is 5.30. The number of anilines is 1. The van der Waals surface area contributed by atoms with Gasteiger partial charge in [0.2, 0.25) is 0 Å². The first-order chi connectivity index (χ1) is 9.38. The van der Waals surface area contributed by atoms with Gasteiger partial charge in [-0.25, -0.2) is 0 Å². The number of nitrogens with one attached hydrogen (secondary N) is 1. The number of piperazine rings is 1. The molecule has 0 radical (unpaired) electrons. The summed E-state index contributed by atoms with van der Waals surface area (Å²) in [6, 6.07) is 10.9. The van der Waals surface area contributed by atoms with Crippen LogP contribution < -0.4 is 10.2 Å². The molecule has 2 fully saturated rings. The first kappa shape index (κ1) is 12.5. The maximum atomic E-state index is 9.18. The smallest absolute Gasteiger partial charge is 0.101 e. The number of hydrogen-bond acceptors (Lipinski definition) is 4. The molecule has 1 atom stereocenters. The molecule has 2 aliphatic rings. The van der Waals surface area contributed by atoms with Crippen molar-refractivity contribution in [2.75, 3.05) is 44.2 Å². The first-order valence-corrected chi connectivity index (χ1v) is 7.07. The number of para-hydroxylation sites is 1. The van der Waals surface area contributed by atoms with Gasteiger partial charge in [0, 0.05) is 38.8 Å². The summed E-state index contributed by atoms with van der Waals surface area (Å²) in [5.41, 5.74) is 1.88. The lowest BCUT2D eigenvalue weighted by molar-refractivity contribution is 0.196. The average Bonchev–Trinajstić information content (AvgIpc) is 3.02. The number of nitrogens with zero attached hydrogens (tertiary/aromatic N) is 3. The molecule has 4 nitrogen and oxygen atoms in total. The zero-order valence-corrected chi connectivity index (χ0v) is 11.2. The van der Waals surface area contributed by atoms with Crippen LogP contribution in [-0.2, 0) is 0 Å². The van der Waals surface area contributed by atoms with Gasteiger partial charge in [-0.15, -0.1) is 0 Å². The minimum Gasteiger partial charge on any atom is -0.368 e. The summed E-state index contributed by atoms with van der Waals surface area (Å²) in [5, 5.41) is 12.6. The van der Waals surface area contributed by atoms with E-state index >= 15 is 0 Å². The standard InChI is InChI=1S/C15H20N4/c16-11-13-3-1-2-4-15(13)19-9-7-18(8-10-19)14-5-6-17-12-14/h1-4,14,17H,5-10,12H2. The highest BCUT2D eigenvalue weighted by atomic mass is 15.3. The van der Waals surface area contributed by atoms with Crippen molar-refractivity contribution in [3.05, 3.63) is 29.8 Å². The molecule has 19 heavy (non-hydrogen) atoms. The van der Waals surface area contributed by atoms with E-state index in [2.05, 4.69) is 27.3 Å². The molecular formula is C15H20N4. The first-order valence-electron chi connectivity index (χ1n) is 7.07. The van der Waals surface area contributed by atoms with E-state index in [0.717, 1.165) is 50.5 Å². The lowest BCUT2D eigenvalue weighted by atomic mass is 10.1. The van der Waals surface area contributed by atoms with Crippen molar-refractivity contribution >= 4 is 5.69 Å². The second kappa shape index (κ2) is 5.60. The Bertz CT molecular complexity index is 465. The van der Waals surface area contributed by atoms with Gasteiger partial charge in [0.1, 0.15) is 6.07 Å². The van der Waals surface area contributed by atoms with Crippen molar-refractivity contribution in [2.45, 2.75) is 12.5 Å². The van der Waals surface area contributed by atoms with Gasteiger partial charge >= 0.3 is 0 Å². The third-order valence-corrected chi connectivity index (χ3v) is 4.23. The van der Waals surface area contributed by atoms with E-state index in [1.165, 1.54) is 6.42 Å². The molecule has 0 aromatic heterocycles. The van der Waals surface area contributed by atoms with Crippen LogP contribution in [0.2, 0.25) is 0 Å². The quantitative estimate of drug-likeness (QED) is 0.858. The number of benzene rings is 1.